The lowest BCUT2D eigenvalue weighted by Crippen LogP contribution is -2.69. The molecule has 5 aliphatic rings. The highest BCUT2D eigenvalue weighted by Crippen LogP contribution is 2.61. The van der Waals surface area contributed by atoms with E-state index in [4.69, 9.17) is 19.2 Å². The van der Waals surface area contributed by atoms with Gasteiger partial charge in [0.15, 0.2) is 0 Å². The van der Waals surface area contributed by atoms with Crippen molar-refractivity contribution in [3.05, 3.63) is 0 Å². The minimum absolute atomic E-state index is 0.0153. The van der Waals surface area contributed by atoms with Crippen LogP contribution in [0.2, 0.25) is 0 Å². The van der Waals surface area contributed by atoms with Gasteiger partial charge in [-0.15, -0.1) is 0 Å². The molecule has 5 rings (SSSR count). The van der Waals surface area contributed by atoms with Crippen LogP contribution in [0, 0.1) is 29.6 Å². The van der Waals surface area contributed by atoms with E-state index in [2.05, 4.69) is 34.6 Å². The summed E-state index contributed by atoms with van der Waals surface area (Å²) in [5, 5.41) is 0. The standard InChI is InChI=1S/C24H40O5/c1-6-8-17(9-7-2)21(25)27-22-16(4)19-11-10-15(3)18-12-13-23(5)14-20(26-22)24(18,19)29-28-23/h15-20,22H,6-14H2,1-5H3/t15-,16-,18+,19?,20-,22?,23+,24-/m1/s1. The molecule has 0 radical (unpaired) electrons. The highest BCUT2D eigenvalue weighted by Gasteiger charge is 2.68. The predicted molar refractivity (Wildman–Crippen MR) is 110 cm³/mol. The molecule has 5 fully saturated rings. The topological polar surface area (TPSA) is 54.0 Å². The molecule has 3 heterocycles. The van der Waals surface area contributed by atoms with Crippen molar-refractivity contribution in [2.24, 2.45) is 29.6 Å². The van der Waals surface area contributed by atoms with E-state index >= 15 is 0 Å². The van der Waals surface area contributed by atoms with Gasteiger partial charge in [-0.1, -0.05) is 40.5 Å². The molecule has 2 aliphatic carbocycles. The number of fused-ring (bicyclic) bond motifs is 2. The molecule has 8 atom stereocenters. The van der Waals surface area contributed by atoms with Crippen LogP contribution in [0.5, 0.6) is 0 Å². The monoisotopic (exact) mass is 408 g/mol. The normalized spacial score (nSPS) is 46.3. The highest BCUT2D eigenvalue weighted by molar-refractivity contribution is 5.72. The van der Waals surface area contributed by atoms with Crippen LogP contribution in [0.3, 0.4) is 0 Å². The van der Waals surface area contributed by atoms with Crippen molar-refractivity contribution < 1.29 is 24.0 Å². The number of rotatable bonds is 6. The van der Waals surface area contributed by atoms with Gasteiger partial charge in [0.05, 0.1) is 12.0 Å². The summed E-state index contributed by atoms with van der Waals surface area (Å²) in [6, 6.07) is 0. The van der Waals surface area contributed by atoms with E-state index in [1.807, 2.05) is 0 Å². The van der Waals surface area contributed by atoms with Gasteiger partial charge in [-0.05, 0) is 57.3 Å². The summed E-state index contributed by atoms with van der Waals surface area (Å²) >= 11 is 0. The van der Waals surface area contributed by atoms with E-state index in [1.165, 1.54) is 6.42 Å². The number of hydrogen-bond donors (Lipinski definition) is 0. The second kappa shape index (κ2) is 8.12. The van der Waals surface area contributed by atoms with Gasteiger partial charge in [0, 0.05) is 18.3 Å². The third-order valence-electron chi connectivity index (χ3n) is 8.47. The average Bonchev–Trinajstić information content (AvgIpc) is 2.91. The van der Waals surface area contributed by atoms with Crippen LogP contribution in [-0.4, -0.2) is 29.6 Å². The molecule has 2 unspecified atom stereocenters. The Hall–Kier alpha value is -0.650. The first kappa shape index (κ1) is 21.6. The molecular formula is C24H40O5. The Morgan fingerprint density at radius 2 is 1.79 bits per heavy atom. The number of esters is 1. The Bertz CT molecular complexity index is 602. The Morgan fingerprint density at radius 1 is 1.07 bits per heavy atom. The number of ether oxygens (including phenoxy) is 2. The van der Waals surface area contributed by atoms with Gasteiger partial charge >= 0.3 is 5.97 Å². The zero-order valence-corrected chi connectivity index (χ0v) is 18.9. The third-order valence-corrected chi connectivity index (χ3v) is 8.47. The first-order valence-electron chi connectivity index (χ1n) is 12.1. The van der Waals surface area contributed by atoms with Crippen LogP contribution in [0.1, 0.15) is 92.4 Å². The van der Waals surface area contributed by atoms with Crippen molar-refractivity contribution in [3.8, 4) is 0 Å². The second-order valence-electron chi connectivity index (χ2n) is 10.5. The maximum absolute atomic E-state index is 13.0. The van der Waals surface area contributed by atoms with E-state index in [0.29, 0.717) is 17.8 Å². The molecule has 0 aromatic carbocycles. The van der Waals surface area contributed by atoms with Crippen molar-refractivity contribution in [2.75, 3.05) is 0 Å². The van der Waals surface area contributed by atoms with Crippen LogP contribution < -0.4 is 0 Å². The molecule has 3 aliphatic heterocycles. The van der Waals surface area contributed by atoms with Crippen LogP contribution in [0.25, 0.3) is 0 Å². The molecule has 29 heavy (non-hydrogen) atoms. The van der Waals surface area contributed by atoms with E-state index in [0.717, 1.165) is 51.4 Å². The predicted octanol–water partition coefficient (Wildman–Crippen LogP) is 5.41. The zero-order chi connectivity index (χ0) is 20.8. The summed E-state index contributed by atoms with van der Waals surface area (Å²) in [7, 11) is 0. The number of carbonyl (C=O) groups excluding carboxylic acids is 1. The lowest BCUT2D eigenvalue weighted by molar-refractivity contribution is -0.494. The van der Waals surface area contributed by atoms with Crippen molar-refractivity contribution >= 4 is 5.97 Å². The molecule has 2 saturated carbocycles. The van der Waals surface area contributed by atoms with Gasteiger partial charge in [-0.25, -0.2) is 9.78 Å². The second-order valence-corrected chi connectivity index (χ2v) is 10.5. The quantitative estimate of drug-likeness (QED) is 0.434. The van der Waals surface area contributed by atoms with E-state index in [1.54, 1.807) is 0 Å². The summed E-state index contributed by atoms with van der Waals surface area (Å²) in [5.41, 5.74) is -0.693. The average molecular weight is 409 g/mol. The van der Waals surface area contributed by atoms with E-state index < -0.39 is 6.29 Å². The number of hydrogen-bond acceptors (Lipinski definition) is 5. The summed E-state index contributed by atoms with van der Waals surface area (Å²) in [4.78, 5) is 25.3. The van der Waals surface area contributed by atoms with Gasteiger partial charge < -0.3 is 9.47 Å². The van der Waals surface area contributed by atoms with Crippen LogP contribution >= 0.6 is 0 Å². The smallest absolute Gasteiger partial charge is 0.311 e. The third kappa shape index (κ3) is 3.55. The van der Waals surface area contributed by atoms with Crippen molar-refractivity contribution in [1.29, 1.82) is 0 Å². The molecule has 5 nitrogen and oxygen atoms in total. The largest absolute Gasteiger partial charge is 0.435 e. The minimum atomic E-state index is -0.472. The lowest BCUT2D eigenvalue weighted by atomic mass is 9.56. The Morgan fingerprint density at radius 3 is 2.48 bits per heavy atom. The minimum Gasteiger partial charge on any atom is -0.435 e. The molecular weight excluding hydrogens is 368 g/mol. The first-order valence-corrected chi connectivity index (χ1v) is 12.1. The Balaban J connectivity index is 1.58. The maximum atomic E-state index is 13.0. The molecule has 0 amide bonds. The molecule has 3 saturated heterocycles. The summed E-state index contributed by atoms with van der Waals surface area (Å²) < 4.78 is 12.6. The number of carbonyl (C=O) groups is 1. The zero-order valence-electron chi connectivity index (χ0n) is 18.9. The van der Waals surface area contributed by atoms with E-state index in [9.17, 15) is 4.79 Å². The summed E-state index contributed by atoms with van der Waals surface area (Å²) in [5.74, 6) is 1.37. The van der Waals surface area contributed by atoms with Gasteiger partial charge in [-0.2, -0.15) is 0 Å². The van der Waals surface area contributed by atoms with Gasteiger partial charge in [0.25, 0.3) is 0 Å². The summed E-state index contributed by atoms with van der Waals surface area (Å²) in [6.07, 6.45) is 8.47. The first-order chi connectivity index (χ1) is 13.8. The van der Waals surface area contributed by atoms with Gasteiger partial charge in [0.1, 0.15) is 11.2 Å². The fourth-order valence-electron chi connectivity index (χ4n) is 6.84. The fraction of sp³-hybridized carbons (Fsp3) is 0.958. The van der Waals surface area contributed by atoms with Gasteiger partial charge in [-0.3, -0.25) is 4.79 Å². The Labute approximate surface area is 176 Å². The molecule has 166 valence electrons. The molecule has 0 N–H and O–H groups in total. The molecule has 5 heteroatoms. The molecule has 0 aromatic rings. The van der Waals surface area contributed by atoms with Crippen molar-refractivity contribution in [2.45, 2.75) is 116 Å². The lowest BCUT2D eigenvalue weighted by Gasteiger charge is -2.60. The van der Waals surface area contributed by atoms with Crippen LogP contribution in [0.15, 0.2) is 0 Å². The SMILES string of the molecule is CCCC(CCC)C(=O)OC1O[C@@H]2C[C@]3(C)CC[C@H]4[C@H](C)CCC([C@H]1C)[C@@]24OO3. The molecule has 0 aromatic heterocycles. The van der Waals surface area contributed by atoms with Gasteiger partial charge in [0.2, 0.25) is 6.29 Å². The van der Waals surface area contributed by atoms with Crippen molar-refractivity contribution in [3.63, 3.8) is 0 Å². The highest BCUT2D eigenvalue weighted by atomic mass is 17.2. The summed E-state index contributed by atoms with van der Waals surface area (Å²) in [6.45, 7) is 10.9. The maximum Gasteiger partial charge on any atom is 0.311 e. The fourth-order valence-corrected chi connectivity index (χ4v) is 6.84. The molecule has 2 bridgehead atoms. The molecule has 1 spiro atoms. The van der Waals surface area contributed by atoms with Crippen LogP contribution in [0.4, 0.5) is 0 Å². The van der Waals surface area contributed by atoms with Crippen LogP contribution in [-0.2, 0) is 24.0 Å². The van der Waals surface area contributed by atoms with E-state index in [-0.39, 0.29) is 35.1 Å². The Kier molecular flexibility index (Phi) is 6.04. The van der Waals surface area contributed by atoms with Crippen molar-refractivity contribution in [1.82, 2.24) is 0 Å².